The Morgan fingerprint density at radius 1 is 1.24 bits per heavy atom. The van der Waals surface area contributed by atoms with Crippen LogP contribution < -0.4 is 10.9 Å². The summed E-state index contributed by atoms with van der Waals surface area (Å²) in [6, 6.07) is 13.1. The molecule has 1 atom stereocenters. The molecule has 5 rings (SSSR count). The van der Waals surface area contributed by atoms with E-state index < -0.39 is 0 Å². The van der Waals surface area contributed by atoms with Crippen LogP contribution in [0, 0.1) is 6.92 Å². The number of phenolic OH excluding ortho intramolecular Hbond substituents is 1. The third kappa shape index (κ3) is 5.25. The average molecular weight is 518 g/mol. The van der Waals surface area contributed by atoms with E-state index >= 15 is 0 Å². The topological polar surface area (TPSA) is 83.3 Å². The Balaban J connectivity index is 1.75. The molecular formula is C29H32ClN5O2. The van der Waals surface area contributed by atoms with Gasteiger partial charge in [0.15, 0.2) is 5.65 Å². The van der Waals surface area contributed by atoms with Gasteiger partial charge in [0.1, 0.15) is 11.6 Å². The molecule has 0 saturated carbocycles. The molecular weight excluding hydrogens is 486 g/mol. The molecule has 0 bridgehead atoms. The molecule has 3 heterocycles. The Labute approximate surface area is 221 Å². The highest BCUT2D eigenvalue weighted by Gasteiger charge is 2.22. The lowest BCUT2D eigenvalue weighted by Crippen LogP contribution is -2.35. The van der Waals surface area contributed by atoms with Crippen LogP contribution in [0.3, 0.4) is 0 Å². The van der Waals surface area contributed by atoms with Crippen molar-refractivity contribution in [3.8, 4) is 22.6 Å². The number of fused-ring (bicyclic) bond motifs is 1. The van der Waals surface area contributed by atoms with Crippen LogP contribution in [-0.4, -0.2) is 50.7 Å². The van der Waals surface area contributed by atoms with Crippen molar-refractivity contribution >= 4 is 22.6 Å². The molecule has 2 aromatic heterocycles. The molecule has 1 saturated heterocycles. The van der Waals surface area contributed by atoms with Gasteiger partial charge in [0, 0.05) is 48.4 Å². The number of halogens is 1. The smallest absolute Gasteiger partial charge is 0.267 e. The molecule has 0 spiro atoms. The number of aryl methyl sites for hydroxylation is 2. The van der Waals surface area contributed by atoms with E-state index in [1.165, 1.54) is 6.42 Å². The average Bonchev–Trinajstić information content (AvgIpc) is 3.36. The first-order valence-corrected chi connectivity index (χ1v) is 13.1. The van der Waals surface area contributed by atoms with Gasteiger partial charge in [-0.1, -0.05) is 30.7 Å². The van der Waals surface area contributed by atoms with E-state index in [2.05, 4.69) is 28.3 Å². The molecule has 1 aliphatic heterocycles. The van der Waals surface area contributed by atoms with E-state index in [9.17, 15) is 9.90 Å². The van der Waals surface area contributed by atoms with Crippen LogP contribution >= 0.6 is 11.6 Å². The quantitative estimate of drug-likeness (QED) is 0.364. The maximum Gasteiger partial charge on any atom is 0.267 e. The van der Waals surface area contributed by atoms with Gasteiger partial charge in [-0.15, -0.1) is 0 Å². The molecule has 37 heavy (non-hydrogen) atoms. The number of nitrogens with zero attached hydrogens (tertiary/aromatic N) is 4. The second kappa shape index (κ2) is 10.6. The first kappa shape index (κ1) is 25.4. The third-order valence-corrected chi connectivity index (χ3v) is 7.17. The predicted octanol–water partition coefficient (Wildman–Crippen LogP) is 4.86. The molecule has 8 heteroatoms. The van der Waals surface area contributed by atoms with Crippen LogP contribution in [0.25, 0.3) is 27.8 Å². The highest BCUT2D eigenvalue weighted by molar-refractivity contribution is 6.31. The van der Waals surface area contributed by atoms with Crippen molar-refractivity contribution in [1.82, 2.24) is 24.8 Å². The number of rotatable bonds is 7. The summed E-state index contributed by atoms with van der Waals surface area (Å²) in [6.07, 6.45) is 4.69. The van der Waals surface area contributed by atoms with E-state index in [4.69, 9.17) is 16.6 Å². The lowest BCUT2D eigenvalue weighted by atomic mass is 9.97. The van der Waals surface area contributed by atoms with Gasteiger partial charge in [-0.05, 0) is 74.3 Å². The van der Waals surface area contributed by atoms with Crippen molar-refractivity contribution < 1.29 is 5.11 Å². The van der Waals surface area contributed by atoms with Crippen molar-refractivity contribution in [2.24, 2.45) is 0 Å². The maximum absolute atomic E-state index is 14.2. The maximum atomic E-state index is 14.2. The second-order valence-electron chi connectivity index (χ2n) is 9.90. The minimum absolute atomic E-state index is 0.0943. The Hall–Kier alpha value is -3.26. The number of benzene rings is 2. The van der Waals surface area contributed by atoms with Crippen molar-refractivity contribution in [3.63, 3.8) is 0 Å². The third-order valence-electron chi connectivity index (χ3n) is 6.96. The predicted molar refractivity (Wildman–Crippen MR) is 149 cm³/mol. The van der Waals surface area contributed by atoms with Crippen LogP contribution in [0.5, 0.6) is 5.75 Å². The fourth-order valence-corrected chi connectivity index (χ4v) is 5.60. The number of phenols is 1. The second-order valence-corrected chi connectivity index (χ2v) is 10.3. The summed E-state index contributed by atoms with van der Waals surface area (Å²) < 4.78 is 1.60. The first-order valence-electron chi connectivity index (χ1n) is 12.8. The Morgan fingerprint density at radius 3 is 2.78 bits per heavy atom. The highest BCUT2D eigenvalue weighted by atomic mass is 35.5. The Kier molecular flexibility index (Phi) is 7.29. The molecule has 0 aliphatic carbocycles. The fraction of sp³-hybridized carbons (Fsp3) is 0.345. The SMILES string of the molecule is CCc1nc2ncc(-c3cc(C)cc(Cl)c3)c(CN(C)C[C@@H]3CCCN3)c2c(=O)n1-c1cccc(O)c1. The van der Waals surface area contributed by atoms with E-state index in [1.54, 1.807) is 22.8 Å². The van der Waals surface area contributed by atoms with Crippen LogP contribution in [0.2, 0.25) is 5.02 Å². The molecule has 0 radical (unpaired) electrons. The number of aromatic hydroxyl groups is 1. The molecule has 7 nitrogen and oxygen atoms in total. The summed E-state index contributed by atoms with van der Waals surface area (Å²) in [5.41, 5.74) is 4.52. The summed E-state index contributed by atoms with van der Waals surface area (Å²) in [5, 5.41) is 14.8. The largest absolute Gasteiger partial charge is 0.508 e. The lowest BCUT2D eigenvalue weighted by Gasteiger charge is -2.24. The van der Waals surface area contributed by atoms with Crippen molar-refractivity contribution in [3.05, 3.63) is 81.0 Å². The van der Waals surface area contributed by atoms with Crippen molar-refractivity contribution in [1.29, 1.82) is 0 Å². The lowest BCUT2D eigenvalue weighted by molar-refractivity contribution is 0.294. The number of hydrogen-bond donors (Lipinski definition) is 2. The molecule has 192 valence electrons. The first-order chi connectivity index (χ1) is 17.8. The summed E-state index contributed by atoms with van der Waals surface area (Å²) in [4.78, 5) is 26.0. The van der Waals surface area contributed by atoms with Crippen molar-refractivity contribution in [2.75, 3.05) is 20.1 Å². The van der Waals surface area contributed by atoms with E-state index in [-0.39, 0.29) is 11.3 Å². The van der Waals surface area contributed by atoms with Crippen LogP contribution in [0.4, 0.5) is 0 Å². The van der Waals surface area contributed by atoms with Crippen LogP contribution in [0.1, 0.15) is 36.7 Å². The zero-order chi connectivity index (χ0) is 26.1. The van der Waals surface area contributed by atoms with Crippen LogP contribution in [-0.2, 0) is 13.0 Å². The fourth-order valence-electron chi connectivity index (χ4n) is 5.31. The highest BCUT2D eigenvalue weighted by Crippen LogP contribution is 2.31. The minimum atomic E-state index is -0.192. The summed E-state index contributed by atoms with van der Waals surface area (Å²) in [7, 11) is 2.08. The number of pyridine rings is 1. The molecule has 2 aromatic carbocycles. The van der Waals surface area contributed by atoms with Crippen LogP contribution in [0.15, 0.2) is 53.5 Å². The van der Waals surface area contributed by atoms with Gasteiger partial charge in [-0.2, -0.15) is 0 Å². The summed E-state index contributed by atoms with van der Waals surface area (Å²) in [5.74, 6) is 0.688. The monoisotopic (exact) mass is 517 g/mol. The van der Waals surface area contributed by atoms with E-state index in [0.717, 1.165) is 41.8 Å². The number of likely N-dealkylation sites (N-methyl/N-ethyl adjacent to an activating group) is 1. The standard InChI is InChI=1S/C29H32ClN5O2/c1-4-26-33-28-27(29(37)35(26)22-8-5-9-23(36)14-22)25(17-34(3)16-21-7-6-10-31-21)24(15-32-28)19-11-18(2)12-20(30)13-19/h5,8-9,11-15,21,31,36H,4,6-7,10,16-17H2,1-3H3/t21-/m0/s1. The van der Waals surface area contributed by atoms with Crippen molar-refractivity contribution in [2.45, 2.75) is 45.7 Å². The molecule has 2 N–H and O–H groups in total. The molecule has 4 aromatic rings. The molecule has 0 amide bonds. The summed E-state index contributed by atoms with van der Waals surface area (Å²) in [6.45, 7) is 6.44. The normalized spacial score (nSPS) is 15.6. The molecule has 1 fully saturated rings. The number of aromatic nitrogens is 3. The Morgan fingerprint density at radius 2 is 2.08 bits per heavy atom. The molecule has 0 unspecified atom stereocenters. The van der Waals surface area contributed by atoms with Gasteiger partial charge in [0.2, 0.25) is 0 Å². The van der Waals surface area contributed by atoms with Gasteiger partial charge in [-0.3, -0.25) is 9.36 Å². The van der Waals surface area contributed by atoms with Gasteiger partial charge >= 0.3 is 0 Å². The van der Waals surface area contributed by atoms with E-state index in [1.807, 2.05) is 38.2 Å². The number of hydrogen-bond acceptors (Lipinski definition) is 6. The number of nitrogens with one attached hydrogen (secondary N) is 1. The molecule has 1 aliphatic rings. The van der Waals surface area contributed by atoms with Gasteiger partial charge < -0.3 is 15.3 Å². The van der Waals surface area contributed by atoms with Gasteiger partial charge in [0.25, 0.3) is 5.56 Å². The van der Waals surface area contributed by atoms with Gasteiger partial charge in [0.05, 0.1) is 11.1 Å². The zero-order valence-corrected chi connectivity index (χ0v) is 22.2. The minimum Gasteiger partial charge on any atom is -0.508 e. The van der Waals surface area contributed by atoms with E-state index in [0.29, 0.717) is 46.6 Å². The Bertz CT molecular complexity index is 1490. The zero-order valence-electron chi connectivity index (χ0n) is 21.5. The van der Waals surface area contributed by atoms with Gasteiger partial charge in [-0.25, -0.2) is 9.97 Å². The summed E-state index contributed by atoms with van der Waals surface area (Å²) >= 11 is 6.44.